The number of aromatic nitrogens is 3. The SMILES string of the molecule is CCCCn1nc(C(C)(C)C)sc1=NC(=O)c1cc(C(F)(F)F)ccc1NNC(=O)c1ccncc1. The average Bonchev–Trinajstić information content (AvgIpc) is 3.24. The topological polar surface area (TPSA) is 101 Å². The van der Waals surface area contributed by atoms with Crippen molar-refractivity contribution in [3.8, 4) is 0 Å². The van der Waals surface area contributed by atoms with Crippen molar-refractivity contribution in [2.45, 2.75) is 58.7 Å². The van der Waals surface area contributed by atoms with E-state index in [-0.39, 0.29) is 22.2 Å². The van der Waals surface area contributed by atoms with Gasteiger partial charge in [-0.1, -0.05) is 45.5 Å². The number of alkyl halides is 3. The molecule has 192 valence electrons. The number of nitrogens with one attached hydrogen (secondary N) is 2. The van der Waals surface area contributed by atoms with Gasteiger partial charge in [-0.05, 0) is 36.8 Å². The van der Waals surface area contributed by atoms with E-state index in [2.05, 4.69) is 25.9 Å². The first-order valence-corrected chi connectivity index (χ1v) is 12.1. The minimum Gasteiger partial charge on any atom is -0.298 e. The Morgan fingerprint density at radius 2 is 1.81 bits per heavy atom. The van der Waals surface area contributed by atoms with Crippen molar-refractivity contribution in [3.05, 3.63) is 69.2 Å². The fraction of sp³-hybridized carbons (Fsp3) is 0.375. The van der Waals surface area contributed by atoms with Gasteiger partial charge in [0.15, 0.2) is 0 Å². The third-order valence-electron chi connectivity index (χ3n) is 5.01. The highest BCUT2D eigenvalue weighted by Gasteiger charge is 2.32. The molecule has 8 nitrogen and oxygen atoms in total. The van der Waals surface area contributed by atoms with Crippen LogP contribution in [0.5, 0.6) is 0 Å². The molecule has 3 aromatic rings. The molecule has 0 spiro atoms. The van der Waals surface area contributed by atoms with E-state index in [1.807, 2.05) is 27.7 Å². The second kappa shape index (κ2) is 11.0. The maximum Gasteiger partial charge on any atom is 0.416 e. The molecule has 0 radical (unpaired) electrons. The lowest BCUT2D eigenvalue weighted by atomic mass is 9.98. The van der Waals surface area contributed by atoms with Crippen LogP contribution in [0.1, 0.15) is 71.8 Å². The lowest BCUT2D eigenvalue weighted by Crippen LogP contribution is -2.30. The van der Waals surface area contributed by atoms with Gasteiger partial charge in [0, 0.05) is 29.9 Å². The van der Waals surface area contributed by atoms with Crippen LogP contribution in [0, 0.1) is 0 Å². The van der Waals surface area contributed by atoms with Crippen LogP contribution < -0.4 is 15.7 Å². The van der Waals surface area contributed by atoms with Crippen molar-refractivity contribution in [1.82, 2.24) is 20.2 Å². The highest BCUT2D eigenvalue weighted by Crippen LogP contribution is 2.32. The predicted molar refractivity (Wildman–Crippen MR) is 130 cm³/mol. The molecule has 2 aromatic heterocycles. The Labute approximate surface area is 210 Å². The van der Waals surface area contributed by atoms with E-state index in [1.165, 1.54) is 35.9 Å². The second-order valence-electron chi connectivity index (χ2n) is 9.01. The number of nitrogens with zero attached hydrogens (tertiary/aromatic N) is 4. The van der Waals surface area contributed by atoms with Crippen LogP contribution in [0.3, 0.4) is 0 Å². The quantitative estimate of drug-likeness (QED) is 0.429. The molecule has 1 aromatic carbocycles. The molecule has 0 aliphatic heterocycles. The molecule has 3 rings (SSSR count). The zero-order valence-corrected chi connectivity index (χ0v) is 21.1. The summed E-state index contributed by atoms with van der Waals surface area (Å²) >= 11 is 1.22. The fourth-order valence-corrected chi connectivity index (χ4v) is 3.99. The summed E-state index contributed by atoms with van der Waals surface area (Å²) in [5, 5.41) is 5.32. The Kier molecular flexibility index (Phi) is 8.28. The first-order chi connectivity index (χ1) is 16.9. The zero-order valence-electron chi connectivity index (χ0n) is 20.3. The minimum atomic E-state index is -4.67. The summed E-state index contributed by atoms with van der Waals surface area (Å²) in [6.07, 6.45) is -0.127. The predicted octanol–water partition coefficient (Wildman–Crippen LogP) is 4.95. The van der Waals surface area contributed by atoms with E-state index < -0.39 is 23.6 Å². The largest absolute Gasteiger partial charge is 0.416 e. The first kappa shape index (κ1) is 27.1. The number of unbranched alkanes of at least 4 members (excludes halogenated alkanes) is 1. The molecule has 2 heterocycles. The lowest BCUT2D eigenvalue weighted by Gasteiger charge is -2.14. The van der Waals surface area contributed by atoms with E-state index in [1.54, 1.807) is 4.68 Å². The molecular weight excluding hydrogens is 493 g/mol. The molecule has 0 saturated heterocycles. The van der Waals surface area contributed by atoms with E-state index in [0.717, 1.165) is 36.0 Å². The molecule has 2 N–H and O–H groups in total. The standard InChI is InChI=1S/C24H27F3N6O2S/c1-5-6-13-33-22(36-21(32-33)23(2,3)4)29-20(35)17-14-16(24(25,26)27)7-8-18(17)30-31-19(34)15-9-11-28-12-10-15/h7-12,14,30H,5-6,13H2,1-4H3,(H,31,34). The Hall–Kier alpha value is -3.54. The van der Waals surface area contributed by atoms with Crippen LogP contribution in [0.2, 0.25) is 0 Å². The van der Waals surface area contributed by atoms with Crippen LogP contribution in [0.4, 0.5) is 18.9 Å². The monoisotopic (exact) mass is 520 g/mol. The van der Waals surface area contributed by atoms with E-state index in [9.17, 15) is 22.8 Å². The van der Waals surface area contributed by atoms with E-state index in [4.69, 9.17) is 0 Å². The second-order valence-corrected chi connectivity index (χ2v) is 9.96. The number of aryl methyl sites for hydroxylation is 1. The van der Waals surface area contributed by atoms with Crippen molar-refractivity contribution in [1.29, 1.82) is 0 Å². The Bertz CT molecular complexity index is 1290. The zero-order chi connectivity index (χ0) is 26.5. The molecule has 0 fully saturated rings. The summed E-state index contributed by atoms with van der Waals surface area (Å²) in [6.45, 7) is 8.46. The minimum absolute atomic E-state index is 0.0279. The summed E-state index contributed by atoms with van der Waals surface area (Å²) < 4.78 is 41.8. The molecule has 0 aliphatic carbocycles. The first-order valence-electron chi connectivity index (χ1n) is 11.2. The van der Waals surface area contributed by atoms with Gasteiger partial charge in [-0.25, -0.2) is 4.68 Å². The number of rotatable bonds is 7. The number of carbonyl (C=O) groups excluding carboxylic acids is 2. The Balaban J connectivity index is 2.01. The van der Waals surface area contributed by atoms with Crippen LogP contribution in [-0.4, -0.2) is 26.6 Å². The van der Waals surface area contributed by atoms with E-state index in [0.29, 0.717) is 11.3 Å². The number of halogens is 3. The Morgan fingerprint density at radius 3 is 2.42 bits per heavy atom. The molecule has 0 unspecified atom stereocenters. The number of hydrogen-bond acceptors (Lipinski definition) is 6. The smallest absolute Gasteiger partial charge is 0.298 e. The molecule has 0 aliphatic rings. The van der Waals surface area contributed by atoms with Crippen molar-refractivity contribution in [3.63, 3.8) is 0 Å². The molecular formula is C24H27F3N6O2S. The molecule has 0 bridgehead atoms. The van der Waals surface area contributed by atoms with Gasteiger partial charge in [0.2, 0.25) is 4.80 Å². The summed E-state index contributed by atoms with van der Waals surface area (Å²) in [5.74, 6) is -1.45. The molecule has 0 atom stereocenters. The number of pyridine rings is 1. The third kappa shape index (κ3) is 6.78. The summed E-state index contributed by atoms with van der Waals surface area (Å²) in [6, 6.07) is 5.56. The number of hydrazine groups is 1. The number of hydrogen-bond donors (Lipinski definition) is 2. The van der Waals surface area contributed by atoms with Crippen molar-refractivity contribution in [2.24, 2.45) is 4.99 Å². The van der Waals surface area contributed by atoms with Crippen molar-refractivity contribution >= 4 is 28.8 Å². The van der Waals surface area contributed by atoms with Crippen LogP contribution in [-0.2, 0) is 18.1 Å². The number of carbonyl (C=O) groups is 2. The van der Waals surface area contributed by atoms with Gasteiger partial charge in [0.1, 0.15) is 5.01 Å². The highest BCUT2D eigenvalue weighted by atomic mass is 32.1. The normalized spacial score (nSPS) is 12.5. The van der Waals surface area contributed by atoms with Gasteiger partial charge < -0.3 is 0 Å². The lowest BCUT2D eigenvalue weighted by molar-refractivity contribution is -0.137. The third-order valence-corrected chi connectivity index (χ3v) is 6.39. The van der Waals surface area contributed by atoms with E-state index >= 15 is 0 Å². The van der Waals surface area contributed by atoms with Gasteiger partial charge >= 0.3 is 6.18 Å². The van der Waals surface area contributed by atoms with Crippen LogP contribution in [0.25, 0.3) is 0 Å². The highest BCUT2D eigenvalue weighted by molar-refractivity contribution is 7.09. The maximum absolute atomic E-state index is 13.4. The number of benzene rings is 1. The maximum atomic E-state index is 13.4. The molecule has 0 saturated carbocycles. The Morgan fingerprint density at radius 1 is 1.11 bits per heavy atom. The number of anilines is 1. The number of amides is 2. The fourth-order valence-electron chi connectivity index (χ4n) is 3.00. The summed E-state index contributed by atoms with van der Waals surface area (Å²) in [5.41, 5.74) is 3.54. The van der Waals surface area contributed by atoms with Gasteiger partial charge in [0.25, 0.3) is 11.8 Å². The molecule has 2 amide bonds. The van der Waals surface area contributed by atoms with Gasteiger partial charge in [-0.2, -0.15) is 23.3 Å². The van der Waals surface area contributed by atoms with Crippen LogP contribution >= 0.6 is 11.3 Å². The summed E-state index contributed by atoms with van der Waals surface area (Å²) in [4.78, 5) is 33.8. The van der Waals surface area contributed by atoms with Gasteiger partial charge in [-0.3, -0.25) is 25.4 Å². The molecule has 12 heteroatoms. The van der Waals surface area contributed by atoms with Gasteiger partial charge in [-0.15, -0.1) is 0 Å². The van der Waals surface area contributed by atoms with Crippen molar-refractivity contribution < 1.29 is 22.8 Å². The molecule has 36 heavy (non-hydrogen) atoms. The average molecular weight is 521 g/mol. The van der Waals surface area contributed by atoms with Gasteiger partial charge in [0.05, 0.1) is 16.8 Å². The van der Waals surface area contributed by atoms with Crippen molar-refractivity contribution in [2.75, 3.05) is 5.43 Å². The van der Waals surface area contributed by atoms with Crippen LogP contribution in [0.15, 0.2) is 47.7 Å². The summed E-state index contributed by atoms with van der Waals surface area (Å²) in [7, 11) is 0.